The number of aryl methyl sites for hydroxylation is 2. The minimum Gasteiger partial charge on any atom is -0.466 e. The first-order valence-electron chi connectivity index (χ1n) is 9.88. The molecule has 0 aliphatic carbocycles. The zero-order chi connectivity index (χ0) is 21.3. The van der Waals surface area contributed by atoms with Crippen LogP contribution in [-0.4, -0.2) is 59.9 Å². The molecule has 2 aromatic rings. The number of nitrogens with one attached hydrogen (secondary N) is 1. The van der Waals surface area contributed by atoms with Gasteiger partial charge in [0, 0.05) is 45.3 Å². The molecule has 2 aromatic heterocycles. The van der Waals surface area contributed by atoms with E-state index >= 15 is 0 Å². The van der Waals surface area contributed by atoms with Crippen molar-refractivity contribution in [2.75, 3.05) is 32.1 Å². The van der Waals surface area contributed by atoms with Crippen molar-refractivity contribution in [3.63, 3.8) is 0 Å². The lowest BCUT2D eigenvalue weighted by atomic mass is 9.99. The van der Waals surface area contributed by atoms with Crippen LogP contribution >= 0.6 is 0 Å². The van der Waals surface area contributed by atoms with Gasteiger partial charge < -0.3 is 19.5 Å². The fraction of sp³-hybridized carbons (Fsp3) is 0.524. The Hall–Kier alpha value is -2.90. The van der Waals surface area contributed by atoms with E-state index in [0.29, 0.717) is 41.6 Å². The predicted octanol–water partition coefficient (Wildman–Crippen LogP) is 2.52. The van der Waals surface area contributed by atoms with Gasteiger partial charge in [-0.15, -0.1) is 0 Å². The van der Waals surface area contributed by atoms with Crippen LogP contribution in [0.15, 0.2) is 16.7 Å². The molecule has 1 atom stereocenters. The van der Waals surface area contributed by atoms with E-state index in [-0.39, 0.29) is 23.8 Å². The van der Waals surface area contributed by atoms with Crippen molar-refractivity contribution in [2.45, 2.75) is 46.1 Å². The second-order valence-electron chi connectivity index (χ2n) is 8.06. The summed E-state index contributed by atoms with van der Waals surface area (Å²) in [4.78, 5) is 38.2. The number of nitrogens with zero attached hydrogens (tertiary/aromatic N) is 4. The van der Waals surface area contributed by atoms with Gasteiger partial charge in [0.1, 0.15) is 11.5 Å². The molecule has 1 fully saturated rings. The fourth-order valence-corrected chi connectivity index (χ4v) is 3.61. The van der Waals surface area contributed by atoms with Crippen molar-refractivity contribution in [3.8, 4) is 0 Å². The molecule has 1 N–H and O–H groups in total. The van der Waals surface area contributed by atoms with E-state index in [2.05, 4.69) is 15.3 Å². The molecule has 8 nitrogen and oxygen atoms in total. The lowest BCUT2D eigenvalue weighted by Gasteiger charge is -2.19. The van der Waals surface area contributed by atoms with Crippen LogP contribution in [0, 0.1) is 13.8 Å². The summed E-state index contributed by atoms with van der Waals surface area (Å²) >= 11 is 0. The Morgan fingerprint density at radius 2 is 2.00 bits per heavy atom. The number of aromatic nitrogens is 2. The van der Waals surface area contributed by atoms with E-state index in [0.717, 1.165) is 12.2 Å². The highest BCUT2D eigenvalue weighted by Gasteiger charge is 2.33. The van der Waals surface area contributed by atoms with Crippen LogP contribution in [0.2, 0.25) is 0 Å². The number of hydrogen-bond donors (Lipinski definition) is 1. The minimum atomic E-state index is -0.189. The molecule has 156 valence electrons. The molecule has 0 spiro atoms. The topological polar surface area (TPSA) is 91.6 Å². The highest BCUT2D eigenvalue weighted by atomic mass is 16.3. The van der Waals surface area contributed by atoms with E-state index < -0.39 is 0 Å². The third-order valence-electron chi connectivity index (χ3n) is 5.00. The van der Waals surface area contributed by atoms with Crippen LogP contribution in [0.4, 0.5) is 5.95 Å². The standard InChI is InChI=1S/C21H29N5O3/c1-12(2)23-19(27)17-10-22-21(25(5)6)24-18(17)15-7-8-26(11-15)20(28)16-9-13(3)29-14(16)4/h9-10,12,15H,7-8,11H2,1-6H3,(H,23,27). The van der Waals surface area contributed by atoms with E-state index in [4.69, 9.17) is 4.42 Å². The zero-order valence-corrected chi connectivity index (χ0v) is 17.9. The number of carbonyl (C=O) groups excluding carboxylic acids is 2. The Balaban J connectivity index is 1.87. The van der Waals surface area contributed by atoms with Gasteiger partial charge in [0.2, 0.25) is 5.95 Å². The number of hydrogen-bond acceptors (Lipinski definition) is 6. The second-order valence-corrected chi connectivity index (χ2v) is 8.06. The number of rotatable bonds is 5. The molecule has 3 rings (SSSR count). The number of furan rings is 1. The highest BCUT2D eigenvalue weighted by Crippen LogP contribution is 2.31. The number of carbonyl (C=O) groups is 2. The minimum absolute atomic E-state index is 0.0119. The zero-order valence-electron chi connectivity index (χ0n) is 17.9. The molecule has 8 heteroatoms. The Kier molecular flexibility index (Phi) is 5.91. The summed E-state index contributed by atoms with van der Waals surface area (Å²) in [7, 11) is 3.73. The molecule has 1 saturated heterocycles. The van der Waals surface area contributed by atoms with Gasteiger partial charge in [-0.2, -0.15) is 0 Å². The van der Waals surface area contributed by atoms with E-state index in [1.54, 1.807) is 19.2 Å². The van der Waals surface area contributed by atoms with Crippen LogP contribution in [0.25, 0.3) is 0 Å². The first-order valence-corrected chi connectivity index (χ1v) is 9.88. The Morgan fingerprint density at radius 1 is 1.28 bits per heavy atom. The maximum atomic E-state index is 12.9. The molecule has 29 heavy (non-hydrogen) atoms. The summed E-state index contributed by atoms with van der Waals surface area (Å²) in [5.41, 5.74) is 1.76. The van der Waals surface area contributed by atoms with Gasteiger partial charge in [-0.25, -0.2) is 9.97 Å². The monoisotopic (exact) mass is 399 g/mol. The largest absolute Gasteiger partial charge is 0.466 e. The number of anilines is 1. The molecule has 2 amide bonds. The second kappa shape index (κ2) is 8.23. The van der Waals surface area contributed by atoms with Crippen LogP contribution in [0.5, 0.6) is 0 Å². The maximum Gasteiger partial charge on any atom is 0.257 e. The van der Waals surface area contributed by atoms with Crippen LogP contribution in [0.1, 0.15) is 64.1 Å². The third kappa shape index (κ3) is 4.41. The fourth-order valence-electron chi connectivity index (χ4n) is 3.61. The molecule has 3 heterocycles. The SMILES string of the molecule is Cc1cc(C(=O)N2CCC(c3nc(N(C)C)ncc3C(=O)NC(C)C)C2)c(C)o1. The summed E-state index contributed by atoms with van der Waals surface area (Å²) in [5, 5.41) is 2.92. The van der Waals surface area contributed by atoms with Crippen LogP contribution in [-0.2, 0) is 0 Å². The van der Waals surface area contributed by atoms with Gasteiger partial charge in [0.25, 0.3) is 11.8 Å². The van der Waals surface area contributed by atoms with Crippen LogP contribution < -0.4 is 10.2 Å². The summed E-state index contributed by atoms with van der Waals surface area (Å²) < 4.78 is 5.51. The quantitative estimate of drug-likeness (QED) is 0.831. The molecule has 1 aliphatic heterocycles. The maximum absolute atomic E-state index is 12.9. The molecule has 0 bridgehead atoms. The summed E-state index contributed by atoms with van der Waals surface area (Å²) in [5.74, 6) is 1.64. The van der Waals surface area contributed by atoms with Crippen LogP contribution in [0.3, 0.4) is 0 Å². The molecular formula is C21H29N5O3. The molecule has 0 saturated carbocycles. The first kappa shape index (κ1) is 20.8. The van der Waals surface area contributed by atoms with Gasteiger partial charge in [0.05, 0.1) is 16.8 Å². The average Bonchev–Trinajstić information content (AvgIpc) is 3.26. The average molecular weight is 399 g/mol. The lowest BCUT2D eigenvalue weighted by molar-refractivity contribution is 0.0789. The summed E-state index contributed by atoms with van der Waals surface area (Å²) in [6.07, 6.45) is 2.33. The van der Waals surface area contributed by atoms with Crippen molar-refractivity contribution in [3.05, 3.63) is 40.6 Å². The smallest absolute Gasteiger partial charge is 0.257 e. The molecule has 0 radical (unpaired) electrons. The van der Waals surface area contributed by atoms with E-state index in [9.17, 15) is 9.59 Å². The third-order valence-corrected chi connectivity index (χ3v) is 5.00. The molecule has 1 unspecified atom stereocenters. The number of likely N-dealkylation sites (tertiary alicyclic amines) is 1. The van der Waals surface area contributed by atoms with Crippen molar-refractivity contribution in [1.29, 1.82) is 0 Å². The molecular weight excluding hydrogens is 370 g/mol. The van der Waals surface area contributed by atoms with Crippen molar-refractivity contribution >= 4 is 17.8 Å². The van der Waals surface area contributed by atoms with Gasteiger partial charge in [-0.05, 0) is 40.2 Å². The van der Waals surface area contributed by atoms with Gasteiger partial charge in [-0.3, -0.25) is 9.59 Å². The summed E-state index contributed by atoms with van der Waals surface area (Å²) in [6.45, 7) is 8.58. The Morgan fingerprint density at radius 3 is 2.59 bits per heavy atom. The van der Waals surface area contributed by atoms with Gasteiger partial charge in [0.15, 0.2) is 0 Å². The number of amides is 2. The molecule has 1 aliphatic rings. The normalized spacial score (nSPS) is 16.4. The first-order chi connectivity index (χ1) is 13.7. The van der Waals surface area contributed by atoms with Crippen molar-refractivity contribution in [1.82, 2.24) is 20.2 Å². The Bertz CT molecular complexity index is 919. The van der Waals surface area contributed by atoms with Gasteiger partial charge >= 0.3 is 0 Å². The van der Waals surface area contributed by atoms with E-state index in [1.165, 1.54) is 0 Å². The Labute approximate surface area is 171 Å². The van der Waals surface area contributed by atoms with E-state index in [1.807, 2.05) is 44.7 Å². The van der Waals surface area contributed by atoms with Gasteiger partial charge in [-0.1, -0.05) is 0 Å². The van der Waals surface area contributed by atoms with Crippen molar-refractivity contribution in [2.24, 2.45) is 0 Å². The molecule has 0 aromatic carbocycles. The predicted molar refractivity (Wildman–Crippen MR) is 110 cm³/mol. The highest BCUT2D eigenvalue weighted by molar-refractivity contribution is 5.96. The summed E-state index contributed by atoms with van der Waals surface area (Å²) in [6, 6.07) is 1.79. The lowest BCUT2D eigenvalue weighted by Crippen LogP contribution is -2.32. The van der Waals surface area contributed by atoms with Crippen molar-refractivity contribution < 1.29 is 14.0 Å².